The minimum absolute atomic E-state index is 0.269. The lowest BCUT2D eigenvalue weighted by atomic mass is 9.90. The maximum absolute atomic E-state index is 11.2. The van der Waals surface area contributed by atoms with Crippen molar-refractivity contribution in [2.24, 2.45) is 0 Å². The second-order valence-corrected chi connectivity index (χ2v) is 6.98. The highest BCUT2D eigenvalue weighted by atomic mass is 16.5. The summed E-state index contributed by atoms with van der Waals surface area (Å²) in [7, 11) is 0. The summed E-state index contributed by atoms with van der Waals surface area (Å²) in [6.07, 6.45) is 7.05. The first-order valence-electron chi connectivity index (χ1n) is 9.43. The number of carbonyl (C=O) groups is 2. The Hall–Kier alpha value is -1.69. The molecule has 0 fully saturated rings. The van der Waals surface area contributed by atoms with Crippen molar-refractivity contribution in [2.75, 3.05) is 13.2 Å². The number of hydrogen-bond donors (Lipinski definition) is 2. The second-order valence-electron chi connectivity index (χ2n) is 6.98. The molecule has 26 heavy (non-hydrogen) atoms. The highest BCUT2D eigenvalue weighted by Crippen LogP contribution is 2.19. The van der Waals surface area contributed by atoms with Gasteiger partial charge in [0.05, 0.1) is 18.8 Å². The van der Waals surface area contributed by atoms with Gasteiger partial charge in [0.1, 0.15) is 0 Å². The summed E-state index contributed by atoms with van der Waals surface area (Å²) in [4.78, 5) is 21.9. The fourth-order valence-electron chi connectivity index (χ4n) is 2.43. The van der Waals surface area contributed by atoms with Gasteiger partial charge in [0, 0.05) is 18.2 Å². The predicted molar refractivity (Wildman–Crippen MR) is 102 cm³/mol. The van der Waals surface area contributed by atoms with Crippen LogP contribution in [0.2, 0.25) is 0 Å². The molecule has 0 saturated heterocycles. The Balaban J connectivity index is 3.72. The van der Waals surface area contributed by atoms with E-state index >= 15 is 0 Å². The van der Waals surface area contributed by atoms with Gasteiger partial charge in [-0.3, -0.25) is 4.79 Å². The molecule has 1 atom stereocenters. The van der Waals surface area contributed by atoms with Crippen LogP contribution in [-0.4, -0.2) is 41.6 Å². The zero-order chi connectivity index (χ0) is 20.0. The van der Waals surface area contributed by atoms with Gasteiger partial charge in [0.2, 0.25) is 0 Å². The standard InChI is InChI=1S/C20H35NO5/c1-16(2)19(23)26-15-10-6-5-9-13-20(4,24)18(21)12-8-7-11-14-25-17(3)22/h21,24H,1,5-15H2,2-4H3. The maximum atomic E-state index is 11.2. The summed E-state index contributed by atoms with van der Waals surface area (Å²) in [5, 5.41) is 18.5. The van der Waals surface area contributed by atoms with E-state index in [0.29, 0.717) is 37.3 Å². The summed E-state index contributed by atoms with van der Waals surface area (Å²) >= 11 is 0. The van der Waals surface area contributed by atoms with E-state index in [4.69, 9.17) is 14.9 Å². The quantitative estimate of drug-likeness (QED) is 0.197. The topological polar surface area (TPSA) is 96.7 Å². The van der Waals surface area contributed by atoms with Crippen LogP contribution >= 0.6 is 0 Å². The predicted octanol–water partition coefficient (Wildman–Crippen LogP) is 3.95. The first kappa shape index (κ1) is 24.3. The second kappa shape index (κ2) is 13.5. The van der Waals surface area contributed by atoms with Gasteiger partial charge in [-0.15, -0.1) is 0 Å². The van der Waals surface area contributed by atoms with Gasteiger partial charge < -0.3 is 20.0 Å². The molecule has 0 amide bonds. The summed E-state index contributed by atoms with van der Waals surface area (Å²) < 4.78 is 9.89. The van der Waals surface area contributed by atoms with Gasteiger partial charge in [0.25, 0.3) is 0 Å². The molecule has 0 rings (SSSR count). The van der Waals surface area contributed by atoms with Crippen LogP contribution in [0.1, 0.15) is 78.6 Å². The van der Waals surface area contributed by atoms with E-state index < -0.39 is 5.60 Å². The van der Waals surface area contributed by atoms with Crippen LogP contribution in [0.5, 0.6) is 0 Å². The van der Waals surface area contributed by atoms with Crippen molar-refractivity contribution in [3.05, 3.63) is 12.2 Å². The number of esters is 2. The molecule has 0 spiro atoms. The smallest absolute Gasteiger partial charge is 0.333 e. The monoisotopic (exact) mass is 369 g/mol. The third-order valence-corrected chi connectivity index (χ3v) is 4.17. The van der Waals surface area contributed by atoms with Crippen LogP contribution < -0.4 is 0 Å². The first-order valence-corrected chi connectivity index (χ1v) is 9.43. The molecule has 0 radical (unpaired) electrons. The van der Waals surface area contributed by atoms with Crippen molar-refractivity contribution in [3.63, 3.8) is 0 Å². The summed E-state index contributed by atoms with van der Waals surface area (Å²) in [5.41, 5.74) is -0.297. The zero-order valence-corrected chi connectivity index (χ0v) is 16.6. The third kappa shape index (κ3) is 12.6. The van der Waals surface area contributed by atoms with Crippen LogP contribution in [0.25, 0.3) is 0 Å². The van der Waals surface area contributed by atoms with E-state index in [0.717, 1.165) is 44.9 Å². The van der Waals surface area contributed by atoms with Crippen LogP contribution in [0, 0.1) is 5.41 Å². The third-order valence-electron chi connectivity index (χ3n) is 4.17. The molecule has 0 aromatic heterocycles. The Morgan fingerprint density at radius 3 is 2.08 bits per heavy atom. The van der Waals surface area contributed by atoms with E-state index in [1.165, 1.54) is 6.92 Å². The SMILES string of the molecule is C=C(C)C(=O)OCCCCCCC(C)(O)C(=N)CCCCCOC(C)=O. The van der Waals surface area contributed by atoms with Gasteiger partial charge in [-0.2, -0.15) is 0 Å². The number of nitrogens with one attached hydrogen (secondary N) is 1. The lowest BCUT2D eigenvalue weighted by Gasteiger charge is -2.24. The fraction of sp³-hybridized carbons (Fsp3) is 0.750. The van der Waals surface area contributed by atoms with E-state index in [1.807, 2.05) is 0 Å². The minimum atomic E-state index is -1.07. The molecular weight excluding hydrogens is 334 g/mol. The molecule has 0 bridgehead atoms. The van der Waals surface area contributed by atoms with Crippen molar-refractivity contribution in [3.8, 4) is 0 Å². The van der Waals surface area contributed by atoms with Crippen molar-refractivity contribution >= 4 is 17.7 Å². The Bertz CT molecular complexity index is 471. The molecule has 0 aromatic carbocycles. The van der Waals surface area contributed by atoms with E-state index in [9.17, 15) is 14.7 Å². The highest BCUT2D eigenvalue weighted by molar-refractivity contribution is 5.89. The molecule has 0 aromatic rings. The number of hydrogen-bond acceptors (Lipinski definition) is 6. The molecule has 6 heteroatoms. The van der Waals surface area contributed by atoms with Gasteiger partial charge in [0.15, 0.2) is 0 Å². The number of unbranched alkanes of at least 4 members (excludes halogenated alkanes) is 5. The zero-order valence-electron chi connectivity index (χ0n) is 16.6. The van der Waals surface area contributed by atoms with E-state index in [-0.39, 0.29) is 11.9 Å². The molecule has 0 aliphatic heterocycles. The van der Waals surface area contributed by atoms with Crippen LogP contribution in [-0.2, 0) is 19.1 Å². The lowest BCUT2D eigenvalue weighted by molar-refractivity contribution is -0.141. The molecule has 0 aliphatic rings. The average molecular weight is 370 g/mol. The maximum Gasteiger partial charge on any atom is 0.333 e. The Kier molecular flexibility index (Phi) is 12.6. The number of rotatable bonds is 15. The van der Waals surface area contributed by atoms with Crippen molar-refractivity contribution < 1.29 is 24.2 Å². The molecule has 0 heterocycles. The Morgan fingerprint density at radius 1 is 0.962 bits per heavy atom. The fourth-order valence-corrected chi connectivity index (χ4v) is 2.43. The molecule has 0 aliphatic carbocycles. The molecule has 150 valence electrons. The summed E-state index contributed by atoms with van der Waals surface area (Å²) in [5.74, 6) is -0.621. The van der Waals surface area contributed by atoms with Gasteiger partial charge in [-0.05, 0) is 52.4 Å². The van der Waals surface area contributed by atoms with Crippen molar-refractivity contribution in [2.45, 2.75) is 84.2 Å². The van der Waals surface area contributed by atoms with Gasteiger partial charge >= 0.3 is 11.9 Å². The van der Waals surface area contributed by atoms with Gasteiger partial charge in [-0.1, -0.05) is 25.8 Å². The Labute approximate surface area is 157 Å². The first-order chi connectivity index (χ1) is 12.2. The number of carbonyl (C=O) groups excluding carboxylic acids is 2. The molecular formula is C20H35NO5. The molecule has 0 saturated carbocycles. The lowest BCUT2D eigenvalue weighted by Crippen LogP contribution is -2.34. The van der Waals surface area contributed by atoms with Crippen molar-refractivity contribution in [1.29, 1.82) is 5.41 Å². The van der Waals surface area contributed by atoms with E-state index in [1.54, 1.807) is 13.8 Å². The average Bonchev–Trinajstić information content (AvgIpc) is 2.56. The normalized spacial score (nSPS) is 12.9. The minimum Gasteiger partial charge on any atom is -0.466 e. The van der Waals surface area contributed by atoms with E-state index in [2.05, 4.69) is 6.58 Å². The number of aliphatic hydroxyl groups is 1. The molecule has 2 N–H and O–H groups in total. The van der Waals surface area contributed by atoms with Gasteiger partial charge in [-0.25, -0.2) is 4.79 Å². The largest absolute Gasteiger partial charge is 0.466 e. The van der Waals surface area contributed by atoms with Crippen molar-refractivity contribution in [1.82, 2.24) is 0 Å². The Morgan fingerprint density at radius 2 is 1.50 bits per heavy atom. The summed E-state index contributed by atoms with van der Waals surface area (Å²) in [6.45, 7) is 9.05. The van der Waals surface area contributed by atoms with Crippen LogP contribution in [0.4, 0.5) is 0 Å². The molecule has 1 unspecified atom stereocenters. The van der Waals surface area contributed by atoms with Crippen LogP contribution in [0.15, 0.2) is 12.2 Å². The molecule has 6 nitrogen and oxygen atoms in total. The van der Waals surface area contributed by atoms with Crippen LogP contribution in [0.3, 0.4) is 0 Å². The highest BCUT2D eigenvalue weighted by Gasteiger charge is 2.24. The number of ether oxygens (including phenoxy) is 2. The summed E-state index contributed by atoms with van der Waals surface area (Å²) in [6, 6.07) is 0.